The molecule has 1 aliphatic rings. The first kappa shape index (κ1) is 20.4. The number of halogens is 1. The van der Waals surface area contributed by atoms with Crippen molar-refractivity contribution in [1.82, 2.24) is 4.90 Å². The molecule has 0 radical (unpaired) electrons. The summed E-state index contributed by atoms with van der Waals surface area (Å²) in [6.07, 6.45) is 0.586. The summed E-state index contributed by atoms with van der Waals surface area (Å²) in [5.74, 6) is 0. The molecule has 22 heavy (non-hydrogen) atoms. The lowest BCUT2D eigenvalue weighted by atomic mass is 10.2. The van der Waals surface area contributed by atoms with Gasteiger partial charge in [-0.15, -0.1) is 0 Å². The van der Waals surface area contributed by atoms with E-state index in [1.54, 1.807) is 0 Å². The first-order chi connectivity index (χ1) is 10.6. The Kier molecular flexibility index (Phi) is 11.2. The molecule has 3 nitrogen and oxygen atoms in total. The number of rotatable bonds is 2. The highest BCUT2D eigenvalue weighted by Gasteiger charge is 2.35. The highest BCUT2D eigenvalue weighted by molar-refractivity contribution is 5.68. The minimum absolute atomic E-state index is 0.0757. The van der Waals surface area contributed by atoms with Gasteiger partial charge in [-0.2, -0.15) is 0 Å². The van der Waals surface area contributed by atoms with Gasteiger partial charge in [-0.1, -0.05) is 64.4 Å². The summed E-state index contributed by atoms with van der Waals surface area (Å²) in [4.78, 5) is 12.9. The van der Waals surface area contributed by atoms with E-state index in [0.29, 0.717) is 12.8 Å². The molecular weight excluding hydrogens is 281 g/mol. The SMILES string of the molecule is CC.CC1CCC(F)N1C(=O)OCc1ccccc1.CCC. The van der Waals surface area contributed by atoms with Gasteiger partial charge in [-0.25, -0.2) is 9.18 Å². The van der Waals surface area contributed by atoms with Crippen molar-refractivity contribution in [2.24, 2.45) is 0 Å². The molecule has 1 saturated heterocycles. The first-order valence-electron chi connectivity index (χ1n) is 8.23. The summed E-state index contributed by atoms with van der Waals surface area (Å²) in [6.45, 7) is 10.3. The van der Waals surface area contributed by atoms with Gasteiger partial charge in [0.1, 0.15) is 6.61 Å². The number of alkyl halides is 1. The molecule has 1 aliphatic heterocycles. The fourth-order valence-corrected chi connectivity index (χ4v) is 2.02. The van der Waals surface area contributed by atoms with Crippen LogP contribution in [0.25, 0.3) is 0 Å². The lowest BCUT2D eigenvalue weighted by Crippen LogP contribution is -2.38. The largest absolute Gasteiger partial charge is 0.444 e. The molecule has 1 amide bonds. The Hall–Kier alpha value is -1.58. The second-order valence-corrected chi connectivity index (χ2v) is 5.02. The van der Waals surface area contributed by atoms with Crippen molar-refractivity contribution in [1.29, 1.82) is 0 Å². The number of hydrogen-bond donors (Lipinski definition) is 0. The van der Waals surface area contributed by atoms with Crippen LogP contribution < -0.4 is 0 Å². The van der Waals surface area contributed by atoms with E-state index in [0.717, 1.165) is 5.56 Å². The van der Waals surface area contributed by atoms with Gasteiger partial charge >= 0.3 is 6.09 Å². The maximum atomic E-state index is 13.4. The Morgan fingerprint density at radius 2 is 1.77 bits per heavy atom. The Morgan fingerprint density at radius 1 is 1.23 bits per heavy atom. The Labute approximate surface area is 134 Å². The van der Waals surface area contributed by atoms with Gasteiger partial charge in [0.05, 0.1) is 0 Å². The predicted molar refractivity (Wildman–Crippen MR) is 89.4 cm³/mol. The third kappa shape index (κ3) is 6.92. The maximum absolute atomic E-state index is 13.4. The fourth-order valence-electron chi connectivity index (χ4n) is 2.02. The van der Waals surface area contributed by atoms with Crippen molar-refractivity contribution >= 4 is 6.09 Å². The summed E-state index contributed by atoms with van der Waals surface area (Å²) in [5, 5.41) is 0. The van der Waals surface area contributed by atoms with Gasteiger partial charge in [-0.05, 0) is 25.3 Å². The van der Waals surface area contributed by atoms with E-state index in [-0.39, 0.29) is 12.6 Å². The molecule has 1 heterocycles. The number of likely N-dealkylation sites (tertiary alicyclic amines) is 1. The second-order valence-electron chi connectivity index (χ2n) is 5.02. The van der Waals surface area contributed by atoms with Gasteiger partial charge in [0.15, 0.2) is 6.30 Å². The van der Waals surface area contributed by atoms with Gasteiger partial charge in [0, 0.05) is 6.04 Å². The molecule has 126 valence electrons. The maximum Gasteiger partial charge on any atom is 0.412 e. The van der Waals surface area contributed by atoms with Crippen molar-refractivity contribution < 1.29 is 13.9 Å². The molecule has 0 aliphatic carbocycles. The topological polar surface area (TPSA) is 29.5 Å². The standard InChI is InChI=1S/C13H16FNO2.C3H8.C2H6/c1-10-7-8-12(14)15(10)13(16)17-9-11-5-3-2-4-6-11;1-3-2;1-2/h2-6,10,12H,7-9H2,1H3;3H2,1-2H3;1-2H3. The average Bonchev–Trinajstić information content (AvgIpc) is 2.88. The summed E-state index contributed by atoms with van der Waals surface area (Å²) in [7, 11) is 0. The number of benzene rings is 1. The van der Waals surface area contributed by atoms with Crippen LogP contribution in [0.3, 0.4) is 0 Å². The van der Waals surface area contributed by atoms with E-state index in [1.807, 2.05) is 51.1 Å². The van der Waals surface area contributed by atoms with E-state index < -0.39 is 12.4 Å². The Balaban J connectivity index is 0.000000789. The first-order valence-corrected chi connectivity index (χ1v) is 8.23. The van der Waals surface area contributed by atoms with Gasteiger partial charge < -0.3 is 4.74 Å². The summed E-state index contributed by atoms with van der Waals surface area (Å²) < 4.78 is 18.5. The molecule has 2 unspecified atom stereocenters. The van der Waals surface area contributed by atoms with Crippen molar-refractivity contribution in [3.05, 3.63) is 35.9 Å². The monoisotopic (exact) mass is 311 g/mol. The third-order valence-electron chi connectivity index (χ3n) is 3.02. The molecule has 4 heteroatoms. The Bertz CT molecular complexity index is 387. The van der Waals surface area contributed by atoms with E-state index >= 15 is 0 Å². The van der Waals surface area contributed by atoms with Crippen molar-refractivity contribution in [3.63, 3.8) is 0 Å². The van der Waals surface area contributed by atoms with Crippen LogP contribution >= 0.6 is 0 Å². The lowest BCUT2D eigenvalue weighted by molar-refractivity contribution is 0.0507. The molecule has 1 aromatic carbocycles. The van der Waals surface area contributed by atoms with E-state index in [2.05, 4.69) is 13.8 Å². The van der Waals surface area contributed by atoms with E-state index in [4.69, 9.17) is 4.74 Å². The number of amides is 1. The molecule has 0 spiro atoms. The summed E-state index contributed by atoms with van der Waals surface area (Å²) in [6, 6.07) is 9.31. The molecule has 2 atom stereocenters. The van der Waals surface area contributed by atoms with Gasteiger partial charge in [0.2, 0.25) is 0 Å². The molecule has 1 aromatic rings. The summed E-state index contributed by atoms with van der Waals surface area (Å²) >= 11 is 0. The molecule has 0 aromatic heterocycles. The van der Waals surface area contributed by atoms with Crippen LogP contribution in [0, 0.1) is 0 Å². The normalized spacial score (nSPS) is 19.5. The number of hydrogen-bond acceptors (Lipinski definition) is 2. The molecule has 2 rings (SSSR count). The molecule has 0 N–H and O–H groups in total. The number of nitrogens with zero attached hydrogens (tertiary/aromatic N) is 1. The quantitative estimate of drug-likeness (QED) is 0.671. The van der Waals surface area contributed by atoms with Crippen LogP contribution in [0.5, 0.6) is 0 Å². The average molecular weight is 311 g/mol. The molecule has 0 bridgehead atoms. The second kappa shape index (κ2) is 12.0. The minimum atomic E-state index is -1.20. The molecule has 1 fully saturated rings. The van der Waals surface area contributed by atoms with Crippen LogP contribution in [0.4, 0.5) is 9.18 Å². The highest BCUT2D eigenvalue weighted by Crippen LogP contribution is 2.25. The fraction of sp³-hybridized carbons (Fsp3) is 0.611. The zero-order valence-corrected chi connectivity index (χ0v) is 14.5. The van der Waals surface area contributed by atoms with Crippen LogP contribution in [-0.2, 0) is 11.3 Å². The van der Waals surface area contributed by atoms with Crippen LogP contribution in [0.2, 0.25) is 0 Å². The van der Waals surface area contributed by atoms with E-state index in [9.17, 15) is 9.18 Å². The smallest absolute Gasteiger partial charge is 0.412 e. The van der Waals surface area contributed by atoms with Crippen LogP contribution in [0.15, 0.2) is 30.3 Å². The van der Waals surface area contributed by atoms with Crippen molar-refractivity contribution in [2.75, 3.05) is 0 Å². The van der Waals surface area contributed by atoms with Crippen molar-refractivity contribution in [2.45, 2.75) is 72.8 Å². The number of ether oxygens (including phenoxy) is 1. The van der Waals surface area contributed by atoms with Crippen LogP contribution in [-0.4, -0.2) is 23.3 Å². The van der Waals surface area contributed by atoms with Crippen molar-refractivity contribution in [3.8, 4) is 0 Å². The Morgan fingerprint density at radius 3 is 2.23 bits per heavy atom. The van der Waals surface area contributed by atoms with E-state index in [1.165, 1.54) is 11.3 Å². The zero-order chi connectivity index (χ0) is 17.0. The van der Waals surface area contributed by atoms with Gasteiger partial charge in [-0.3, -0.25) is 4.90 Å². The minimum Gasteiger partial charge on any atom is -0.444 e. The zero-order valence-electron chi connectivity index (χ0n) is 14.5. The highest BCUT2D eigenvalue weighted by atomic mass is 19.1. The predicted octanol–water partition coefficient (Wildman–Crippen LogP) is 5.55. The van der Waals surface area contributed by atoms with Crippen LogP contribution in [0.1, 0.15) is 59.4 Å². The third-order valence-corrected chi connectivity index (χ3v) is 3.02. The lowest BCUT2D eigenvalue weighted by Gasteiger charge is -2.22. The number of carbonyl (C=O) groups is 1. The summed E-state index contributed by atoms with van der Waals surface area (Å²) in [5.41, 5.74) is 0.906. The number of carbonyl (C=O) groups excluding carboxylic acids is 1. The molecular formula is C18H30FNO2. The van der Waals surface area contributed by atoms with Gasteiger partial charge in [0.25, 0.3) is 0 Å². The molecule has 0 saturated carbocycles.